The molecule has 0 bridgehead atoms. The van der Waals surface area contributed by atoms with Crippen LogP contribution in [0.4, 0.5) is 0 Å². The summed E-state index contributed by atoms with van der Waals surface area (Å²) in [5, 5.41) is 0. The van der Waals surface area contributed by atoms with Crippen molar-refractivity contribution in [2.45, 2.75) is 19.9 Å². The van der Waals surface area contributed by atoms with Gasteiger partial charge in [-0.25, -0.2) is 4.58 Å². The van der Waals surface area contributed by atoms with Gasteiger partial charge in [-0.1, -0.05) is 0 Å². The van der Waals surface area contributed by atoms with E-state index in [1.807, 2.05) is 11.6 Å². The summed E-state index contributed by atoms with van der Waals surface area (Å²) in [7, 11) is 1.96. The van der Waals surface area contributed by atoms with Gasteiger partial charge in [0, 0.05) is 0 Å². The van der Waals surface area contributed by atoms with E-state index in [0.29, 0.717) is 6.04 Å². The normalized spacial score (nSPS) is 8.00. The highest BCUT2D eigenvalue weighted by atomic mass is 35.5. The molecule has 0 aromatic carbocycles. The second-order valence-electron chi connectivity index (χ2n) is 1.85. The Morgan fingerprint density at radius 2 is 1.57 bits per heavy atom. The van der Waals surface area contributed by atoms with Crippen LogP contribution in [0.15, 0.2) is 0 Å². The molecule has 0 aliphatic carbocycles. The third kappa shape index (κ3) is 5.96. The molecule has 44 valence electrons. The van der Waals surface area contributed by atoms with Crippen LogP contribution in [0.3, 0.4) is 0 Å². The summed E-state index contributed by atoms with van der Waals surface area (Å²) in [5.74, 6) is 0. The van der Waals surface area contributed by atoms with E-state index in [-0.39, 0.29) is 12.4 Å². The zero-order chi connectivity index (χ0) is 5.15. The summed E-state index contributed by atoms with van der Waals surface area (Å²) in [5.41, 5.74) is 0. The van der Waals surface area contributed by atoms with E-state index >= 15 is 0 Å². The van der Waals surface area contributed by atoms with Crippen molar-refractivity contribution in [3.63, 3.8) is 0 Å². The number of rotatable bonds is 1. The Morgan fingerprint density at radius 1 is 1.43 bits per heavy atom. The predicted molar refractivity (Wildman–Crippen MR) is 28.4 cm³/mol. The highest BCUT2D eigenvalue weighted by Gasteiger charge is 1.93. The lowest BCUT2D eigenvalue weighted by Crippen LogP contribution is -3.00. The maximum atomic E-state index is 3.67. The SMILES string of the molecule is C=[N+](C)C(C)C.[Cl-]. The lowest BCUT2D eigenvalue weighted by atomic mass is 10.4. The molecule has 0 saturated carbocycles. The van der Waals surface area contributed by atoms with Gasteiger partial charge in [0.1, 0.15) is 19.8 Å². The largest absolute Gasteiger partial charge is 1.00 e. The molecule has 0 rings (SSSR count). The van der Waals surface area contributed by atoms with Crippen LogP contribution >= 0.6 is 0 Å². The molecular weight excluding hydrogens is 110 g/mol. The molecule has 0 amide bonds. The van der Waals surface area contributed by atoms with Gasteiger partial charge in [-0.2, -0.15) is 0 Å². The zero-order valence-electron chi connectivity index (χ0n) is 5.11. The molecule has 0 spiro atoms. The fourth-order valence-electron chi connectivity index (χ4n) is 0. The molecule has 0 atom stereocenters. The molecule has 0 aliphatic rings. The molecule has 0 aliphatic heterocycles. The Bertz CT molecular complexity index is 59.1. The van der Waals surface area contributed by atoms with Gasteiger partial charge in [-0.15, -0.1) is 0 Å². The first-order chi connectivity index (χ1) is 2.64. The molecule has 0 saturated heterocycles. The van der Waals surface area contributed by atoms with Gasteiger partial charge in [-0.3, -0.25) is 0 Å². The Labute approximate surface area is 51.5 Å². The maximum Gasteiger partial charge on any atom is 0.146 e. The summed E-state index contributed by atoms with van der Waals surface area (Å²) >= 11 is 0. The predicted octanol–water partition coefficient (Wildman–Crippen LogP) is -2.26. The van der Waals surface area contributed by atoms with Crippen LogP contribution in [0.5, 0.6) is 0 Å². The van der Waals surface area contributed by atoms with Gasteiger partial charge in [-0.05, 0) is 13.8 Å². The molecular formula is C5H12ClN. The highest BCUT2D eigenvalue weighted by molar-refractivity contribution is 5.14. The Kier molecular flexibility index (Phi) is 5.93. The molecule has 0 N–H and O–H groups in total. The first kappa shape index (κ1) is 10.0. The topological polar surface area (TPSA) is 3.01 Å². The van der Waals surface area contributed by atoms with Crippen molar-refractivity contribution in [3.8, 4) is 0 Å². The van der Waals surface area contributed by atoms with Crippen molar-refractivity contribution in [1.82, 2.24) is 0 Å². The van der Waals surface area contributed by atoms with Crippen LogP contribution in [0.2, 0.25) is 0 Å². The minimum Gasteiger partial charge on any atom is -1.00 e. The summed E-state index contributed by atoms with van der Waals surface area (Å²) in [6.45, 7) is 7.88. The number of hydrogen-bond acceptors (Lipinski definition) is 0. The first-order valence-electron chi connectivity index (χ1n) is 2.18. The van der Waals surface area contributed by atoms with Crippen LogP contribution in [0.1, 0.15) is 13.8 Å². The van der Waals surface area contributed by atoms with E-state index in [0.717, 1.165) is 0 Å². The average molecular weight is 122 g/mol. The summed E-state index contributed by atoms with van der Waals surface area (Å²) in [4.78, 5) is 0. The standard InChI is InChI=1S/C5H12N.ClH/c1-5(2)6(3)4;/h5H,3H2,1-2,4H3;1H/q+1;/p-1. The van der Waals surface area contributed by atoms with Crippen LogP contribution < -0.4 is 12.4 Å². The molecule has 0 fully saturated rings. The maximum absolute atomic E-state index is 3.67. The van der Waals surface area contributed by atoms with Gasteiger partial charge in [0.05, 0.1) is 0 Å². The zero-order valence-corrected chi connectivity index (χ0v) is 5.87. The molecule has 1 nitrogen and oxygen atoms in total. The molecule has 0 heterocycles. The molecule has 2 heteroatoms. The van der Waals surface area contributed by atoms with E-state index in [9.17, 15) is 0 Å². The van der Waals surface area contributed by atoms with Gasteiger partial charge < -0.3 is 12.4 Å². The number of hydrogen-bond donors (Lipinski definition) is 0. The third-order valence-corrected chi connectivity index (χ3v) is 0.882. The number of halogens is 1. The van der Waals surface area contributed by atoms with Crippen LogP contribution in [-0.2, 0) is 0 Å². The van der Waals surface area contributed by atoms with Gasteiger partial charge in [0.2, 0.25) is 0 Å². The second-order valence-corrected chi connectivity index (χ2v) is 1.85. The molecule has 0 unspecified atom stereocenters. The molecule has 7 heavy (non-hydrogen) atoms. The van der Waals surface area contributed by atoms with E-state index in [1.54, 1.807) is 0 Å². The fourth-order valence-corrected chi connectivity index (χ4v) is 0. The highest BCUT2D eigenvalue weighted by Crippen LogP contribution is 1.77. The first-order valence-corrected chi connectivity index (χ1v) is 2.18. The van der Waals surface area contributed by atoms with Gasteiger partial charge >= 0.3 is 0 Å². The molecule has 0 aromatic heterocycles. The second kappa shape index (κ2) is 4.13. The van der Waals surface area contributed by atoms with Crippen LogP contribution in [-0.4, -0.2) is 24.4 Å². The lowest BCUT2D eigenvalue weighted by Gasteiger charge is -1.93. The molecule has 0 radical (unpaired) electrons. The monoisotopic (exact) mass is 121 g/mol. The Hall–Kier alpha value is -0.0400. The van der Waals surface area contributed by atoms with Crippen molar-refractivity contribution >= 4 is 6.72 Å². The Balaban J connectivity index is 0. The van der Waals surface area contributed by atoms with Gasteiger partial charge in [0.15, 0.2) is 0 Å². The molecule has 0 aromatic rings. The smallest absolute Gasteiger partial charge is 0.146 e. The van der Waals surface area contributed by atoms with E-state index < -0.39 is 0 Å². The van der Waals surface area contributed by atoms with Crippen LogP contribution in [0, 0.1) is 0 Å². The van der Waals surface area contributed by atoms with Crippen LogP contribution in [0.25, 0.3) is 0 Å². The quantitative estimate of drug-likeness (QED) is 0.272. The minimum atomic E-state index is 0. The van der Waals surface area contributed by atoms with E-state index in [4.69, 9.17) is 0 Å². The van der Waals surface area contributed by atoms with Crippen molar-refractivity contribution in [1.29, 1.82) is 0 Å². The summed E-state index contributed by atoms with van der Waals surface area (Å²) in [6.07, 6.45) is 0. The minimum absolute atomic E-state index is 0. The number of nitrogens with zero attached hydrogens (tertiary/aromatic N) is 1. The Morgan fingerprint density at radius 3 is 1.57 bits per heavy atom. The third-order valence-electron chi connectivity index (χ3n) is 0.882. The summed E-state index contributed by atoms with van der Waals surface area (Å²) in [6, 6.07) is 0.574. The average Bonchev–Trinajstić information content (AvgIpc) is 1.36. The summed E-state index contributed by atoms with van der Waals surface area (Å²) < 4.78 is 1.92. The van der Waals surface area contributed by atoms with Gasteiger partial charge in [0.25, 0.3) is 0 Å². The fraction of sp³-hybridized carbons (Fsp3) is 0.800. The lowest BCUT2D eigenvalue weighted by molar-refractivity contribution is -0.521. The van der Waals surface area contributed by atoms with E-state index in [1.165, 1.54) is 0 Å². The van der Waals surface area contributed by atoms with Crippen molar-refractivity contribution in [2.24, 2.45) is 0 Å². The van der Waals surface area contributed by atoms with Crippen molar-refractivity contribution in [3.05, 3.63) is 0 Å². The van der Waals surface area contributed by atoms with Crippen molar-refractivity contribution in [2.75, 3.05) is 7.05 Å². The van der Waals surface area contributed by atoms with Crippen molar-refractivity contribution < 1.29 is 17.0 Å². The van der Waals surface area contributed by atoms with E-state index in [2.05, 4.69) is 20.6 Å².